The summed E-state index contributed by atoms with van der Waals surface area (Å²) in [4.78, 5) is 4.45. The molecule has 0 saturated heterocycles. The van der Waals surface area contributed by atoms with Crippen LogP contribution in [0, 0.1) is 67.0 Å². The molecule has 0 heterocycles. The van der Waals surface area contributed by atoms with Gasteiger partial charge in [0, 0.05) is 18.4 Å². The van der Waals surface area contributed by atoms with Crippen molar-refractivity contribution in [2.24, 2.45) is 10.7 Å². The molecular formula is C19H42F9LaN4O9P2S3. The fraction of sp³-hybridized carbons (Fsp3) is 0.737. The summed E-state index contributed by atoms with van der Waals surface area (Å²) < 4.78 is 162. The van der Waals surface area contributed by atoms with Crippen molar-refractivity contribution in [1.82, 2.24) is 6.15 Å². The molecule has 286 valence electrons. The van der Waals surface area contributed by atoms with E-state index in [2.05, 4.69) is 62.7 Å². The molecule has 0 aliphatic heterocycles. The third-order valence-corrected chi connectivity index (χ3v) is 2.07. The number of hydrogen-bond acceptors (Lipinski definition) is 13. The molecule has 0 aromatic carbocycles. The Hall–Kier alpha value is -0.635. The number of nitrogens with two attached hydrogens (primary N) is 1. The monoisotopic (exact) mass is 938 g/mol. The maximum Gasteiger partial charge on any atom is 3.00 e. The van der Waals surface area contributed by atoms with E-state index < -0.39 is 51.9 Å². The zero-order chi connectivity index (χ0) is 39.5. The Labute approximate surface area is 307 Å². The summed E-state index contributed by atoms with van der Waals surface area (Å²) >= 11 is 0. The molecule has 2 atom stereocenters. The summed E-state index contributed by atoms with van der Waals surface area (Å²) in [5, 5.41) is 7.32. The quantitative estimate of drug-likeness (QED) is 0.138. The van der Waals surface area contributed by atoms with Gasteiger partial charge < -0.3 is 51.4 Å². The van der Waals surface area contributed by atoms with E-state index in [9.17, 15) is 39.5 Å². The van der Waals surface area contributed by atoms with Gasteiger partial charge in [-0.3, -0.25) is 4.99 Å². The summed E-state index contributed by atoms with van der Waals surface area (Å²) in [5.41, 5.74) is 7.94. The van der Waals surface area contributed by atoms with Crippen LogP contribution in [0.1, 0.15) is 69.2 Å². The Morgan fingerprint density at radius 2 is 0.809 bits per heavy atom. The second kappa shape index (κ2) is 71.4. The van der Waals surface area contributed by atoms with Gasteiger partial charge in [-0.2, -0.15) is 5.26 Å². The van der Waals surface area contributed by atoms with Crippen molar-refractivity contribution in [2.45, 2.75) is 92.6 Å². The molecule has 5 N–H and O–H groups in total. The largest absolute Gasteiger partial charge is 3.00 e. The molecule has 0 rings (SSSR count). The molecule has 0 bridgehead atoms. The molecule has 13 nitrogen and oxygen atoms in total. The molecule has 2 unspecified atom stereocenters. The van der Waals surface area contributed by atoms with Crippen LogP contribution in [0.4, 0.5) is 39.5 Å². The number of rotatable bonds is 3. The van der Waals surface area contributed by atoms with E-state index in [-0.39, 0.29) is 41.7 Å². The summed E-state index contributed by atoms with van der Waals surface area (Å²) in [6.07, 6.45) is 0. The van der Waals surface area contributed by atoms with E-state index in [0.717, 1.165) is 19.9 Å². The molecule has 47 heavy (non-hydrogen) atoms. The van der Waals surface area contributed by atoms with Gasteiger partial charge in [-0.05, 0) is 38.1 Å². The third kappa shape index (κ3) is 1570. The maximum absolute atomic E-state index is 9.58. The number of nitrogens with zero attached hydrogens (tertiary/aromatic N) is 2. The van der Waals surface area contributed by atoms with Crippen LogP contribution in [0.25, 0.3) is 0 Å². The van der Waals surface area contributed by atoms with E-state index in [4.69, 9.17) is 48.9 Å². The molecule has 0 aromatic heterocycles. The van der Waals surface area contributed by atoms with Crippen LogP contribution in [0.5, 0.6) is 0 Å². The zero-order valence-corrected chi connectivity index (χ0v) is 35.2. The van der Waals surface area contributed by atoms with Gasteiger partial charge in [0.1, 0.15) is 0 Å². The molecule has 0 aliphatic carbocycles. The predicted molar refractivity (Wildman–Crippen MR) is 161 cm³/mol. The molecule has 0 amide bonds. The standard InChI is InChI=1S/C8H18NP.C3H9N.C3H9P.C2H3N.3CF3.La.H3N.3O3S/c1-6(2)9-8(5)10-7(3)4;2*1-3(2)4;1-2-3;3*2-1(3)4;;;3*1-4(2)3/h6-7,10H,1-5H3;2*3H,4H2,1-2H3;1H3;;;;;1H3;;;/q;;;;3*-1;+3;;;;. The Morgan fingerprint density at radius 3 is 0.872 bits per heavy atom. The topological polar surface area (TPSA) is 251 Å². The summed E-state index contributed by atoms with van der Waals surface area (Å²) in [6, 6.07) is 2.55. The maximum atomic E-state index is 9.58. The van der Waals surface area contributed by atoms with Crippen LogP contribution in [-0.2, 0) is 31.8 Å². The minimum absolute atomic E-state index is 0. The van der Waals surface area contributed by atoms with Gasteiger partial charge in [-0.1, -0.05) is 50.1 Å². The molecular weight excluding hydrogens is 896 g/mol. The molecule has 0 radical (unpaired) electrons. The molecule has 0 fully saturated rings. The van der Waals surface area contributed by atoms with Crippen LogP contribution in [0.15, 0.2) is 4.99 Å². The number of aliphatic imine (C=N–C) groups is 1. The van der Waals surface area contributed by atoms with Crippen molar-refractivity contribution in [3.05, 3.63) is 20.0 Å². The van der Waals surface area contributed by atoms with Gasteiger partial charge in [-0.25, -0.2) is 0 Å². The Morgan fingerprint density at radius 1 is 0.702 bits per heavy atom. The minimum atomic E-state index is -3.11. The first-order chi connectivity index (χ1) is 19.8. The van der Waals surface area contributed by atoms with Crippen LogP contribution in [0.2, 0.25) is 0 Å². The summed E-state index contributed by atoms with van der Waals surface area (Å²) in [6.45, 7) is 11.2. The first-order valence-corrected chi connectivity index (χ1v) is 15.5. The Kier molecular flexibility index (Phi) is 123. The second-order valence-corrected chi connectivity index (χ2v) is 11.8. The number of nitriles is 1. The third-order valence-electron chi connectivity index (χ3n) is 0.949. The van der Waals surface area contributed by atoms with Gasteiger partial charge >= 0.3 is 67.4 Å². The smallest absolute Gasteiger partial charge is 0.385 e. The van der Waals surface area contributed by atoms with E-state index in [1.165, 1.54) is 12.4 Å². The first kappa shape index (κ1) is 80.8. The van der Waals surface area contributed by atoms with Gasteiger partial charge in [0.15, 0.2) is 20.0 Å². The SMILES string of the molecule is CC#N.CC(=NC(C)C)PC(C)C.CC(C)N.CC(C)P.F[C-](F)F.F[C-](F)F.F[C-](F)F.N.O=S(=O)=O.O=S(=O)=O.O=S(=O)=O.[La+3]. The van der Waals surface area contributed by atoms with Gasteiger partial charge in [0.05, 0.1) is 6.07 Å². The van der Waals surface area contributed by atoms with Crippen LogP contribution >= 0.6 is 17.8 Å². The average molecular weight is 939 g/mol. The fourth-order valence-electron chi connectivity index (χ4n) is 0.842. The van der Waals surface area contributed by atoms with Crippen LogP contribution in [0.3, 0.4) is 0 Å². The van der Waals surface area contributed by atoms with Crippen molar-refractivity contribution in [3.8, 4) is 6.07 Å². The van der Waals surface area contributed by atoms with Crippen LogP contribution in [-0.4, -0.2) is 66.7 Å². The van der Waals surface area contributed by atoms with Crippen LogP contribution < -0.4 is 11.9 Å². The summed E-state index contributed by atoms with van der Waals surface area (Å²) in [7, 11) is -5.77. The average Bonchev–Trinajstić information content (AvgIpc) is 2.63. The molecule has 0 aromatic rings. The Bertz CT molecular complexity index is 843. The fourth-order valence-corrected chi connectivity index (χ4v) is 2.01. The number of halogens is 9. The minimum Gasteiger partial charge on any atom is -0.385 e. The normalized spacial score (nSPS) is 8.62. The second-order valence-electron chi connectivity index (χ2n) is 7.07. The molecule has 28 heteroatoms. The molecule has 0 spiro atoms. The summed E-state index contributed by atoms with van der Waals surface area (Å²) in [5.74, 6) is 0. The van der Waals surface area contributed by atoms with Gasteiger partial charge in [-0.15, -0.1) is 47.1 Å². The van der Waals surface area contributed by atoms with Crippen molar-refractivity contribution in [1.29, 1.82) is 5.26 Å². The first-order valence-electron chi connectivity index (χ1n) is 10.7. The van der Waals surface area contributed by atoms with E-state index in [1.807, 2.05) is 13.8 Å². The van der Waals surface area contributed by atoms with Gasteiger partial charge in [0.25, 0.3) is 0 Å². The Balaban J connectivity index is -0.0000000296. The van der Waals surface area contributed by atoms with E-state index >= 15 is 0 Å². The van der Waals surface area contributed by atoms with Crippen molar-refractivity contribution >= 4 is 55.1 Å². The van der Waals surface area contributed by atoms with E-state index in [0.29, 0.717) is 12.1 Å². The van der Waals surface area contributed by atoms with Gasteiger partial charge in [0.2, 0.25) is 0 Å². The number of hydrogen-bond donors (Lipinski definition) is 2. The van der Waals surface area contributed by atoms with E-state index in [1.54, 1.807) is 6.07 Å². The van der Waals surface area contributed by atoms with Crippen molar-refractivity contribution in [3.63, 3.8) is 0 Å². The molecule has 0 aliphatic rings. The zero-order valence-electron chi connectivity index (χ0n) is 26.9. The van der Waals surface area contributed by atoms with Crippen molar-refractivity contribution < 1.29 is 113 Å². The van der Waals surface area contributed by atoms with Crippen molar-refractivity contribution in [2.75, 3.05) is 0 Å². The predicted octanol–water partition coefficient (Wildman–Crippen LogP) is 6.23. The molecule has 0 saturated carbocycles.